The van der Waals surface area contributed by atoms with Gasteiger partial charge in [0.2, 0.25) is 0 Å². The zero-order valence-corrected chi connectivity index (χ0v) is 12.2. The SMILES string of the molecule is CCNC(C)(C)C(=O)c1cc(C)c(OC)cc1C. The van der Waals surface area contributed by atoms with Gasteiger partial charge in [0.25, 0.3) is 0 Å². The maximum Gasteiger partial charge on any atom is 0.182 e. The Morgan fingerprint density at radius 2 is 1.89 bits per heavy atom. The van der Waals surface area contributed by atoms with Crippen molar-refractivity contribution in [2.45, 2.75) is 40.2 Å². The van der Waals surface area contributed by atoms with Gasteiger partial charge < -0.3 is 10.1 Å². The first-order valence-corrected chi connectivity index (χ1v) is 6.28. The predicted octanol–water partition coefficient (Wildman–Crippen LogP) is 2.88. The summed E-state index contributed by atoms with van der Waals surface area (Å²) in [5.41, 5.74) is 2.16. The molecule has 0 unspecified atom stereocenters. The molecule has 0 saturated heterocycles. The fraction of sp³-hybridized carbons (Fsp3) is 0.533. The number of likely N-dealkylation sites (N-methyl/N-ethyl adjacent to an activating group) is 1. The van der Waals surface area contributed by atoms with E-state index in [1.54, 1.807) is 7.11 Å². The molecule has 1 aromatic carbocycles. The second kappa shape index (κ2) is 5.53. The Morgan fingerprint density at radius 3 is 2.39 bits per heavy atom. The number of methoxy groups -OCH3 is 1. The van der Waals surface area contributed by atoms with Crippen molar-refractivity contribution in [1.82, 2.24) is 5.32 Å². The summed E-state index contributed by atoms with van der Waals surface area (Å²) in [6.07, 6.45) is 0. The molecule has 0 fully saturated rings. The maximum atomic E-state index is 12.5. The number of nitrogens with one attached hydrogen (secondary N) is 1. The van der Waals surface area contributed by atoms with Crippen LogP contribution in [0.3, 0.4) is 0 Å². The van der Waals surface area contributed by atoms with Crippen molar-refractivity contribution >= 4 is 5.78 Å². The number of carbonyl (C=O) groups is 1. The number of aryl methyl sites for hydroxylation is 2. The van der Waals surface area contributed by atoms with Crippen LogP contribution in [0.25, 0.3) is 0 Å². The lowest BCUT2D eigenvalue weighted by molar-refractivity contribution is 0.0883. The maximum absolute atomic E-state index is 12.5. The van der Waals surface area contributed by atoms with E-state index in [0.717, 1.165) is 29.0 Å². The minimum atomic E-state index is -0.541. The number of rotatable bonds is 5. The van der Waals surface area contributed by atoms with Gasteiger partial charge in [0.15, 0.2) is 5.78 Å². The van der Waals surface area contributed by atoms with Crippen molar-refractivity contribution in [1.29, 1.82) is 0 Å². The first kappa shape index (κ1) is 14.7. The van der Waals surface area contributed by atoms with Crippen LogP contribution in [0.5, 0.6) is 5.75 Å². The Labute approximate surface area is 110 Å². The molecule has 1 rings (SSSR count). The van der Waals surface area contributed by atoms with Crippen LogP contribution in [-0.2, 0) is 0 Å². The molecule has 18 heavy (non-hydrogen) atoms. The minimum absolute atomic E-state index is 0.118. The molecule has 0 aliphatic rings. The van der Waals surface area contributed by atoms with Gasteiger partial charge in [0.05, 0.1) is 12.6 Å². The van der Waals surface area contributed by atoms with E-state index < -0.39 is 5.54 Å². The molecule has 0 spiro atoms. The molecule has 0 atom stereocenters. The zero-order chi connectivity index (χ0) is 13.9. The second-order valence-electron chi connectivity index (χ2n) is 5.12. The largest absolute Gasteiger partial charge is 0.496 e. The first-order valence-electron chi connectivity index (χ1n) is 6.28. The summed E-state index contributed by atoms with van der Waals surface area (Å²) in [6.45, 7) is 10.5. The van der Waals surface area contributed by atoms with E-state index in [1.165, 1.54) is 0 Å². The first-order chi connectivity index (χ1) is 8.33. The lowest BCUT2D eigenvalue weighted by Crippen LogP contribution is -2.46. The molecular formula is C15H23NO2. The number of ketones is 1. The number of benzene rings is 1. The van der Waals surface area contributed by atoms with Crippen LogP contribution in [0.15, 0.2) is 12.1 Å². The van der Waals surface area contributed by atoms with E-state index in [0.29, 0.717) is 0 Å². The molecule has 100 valence electrons. The average Bonchev–Trinajstić information content (AvgIpc) is 2.30. The molecule has 0 heterocycles. The summed E-state index contributed by atoms with van der Waals surface area (Å²) in [4.78, 5) is 12.5. The molecular weight excluding hydrogens is 226 g/mol. The van der Waals surface area contributed by atoms with Crippen molar-refractivity contribution in [2.75, 3.05) is 13.7 Å². The van der Waals surface area contributed by atoms with Crippen LogP contribution < -0.4 is 10.1 Å². The quantitative estimate of drug-likeness (QED) is 0.815. The summed E-state index contributed by atoms with van der Waals surface area (Å²) in [6, 6.07) is 3.83. The van der Waals surface area contributed by atoms with Crippen LogP contribution in [0.2, 0.25) is 0 Å². The van der Waals surface area contributed by atoms with E-state index in [1.807, 2.05) is 46.8 Å². The normalized spacial score (nSPS) is 11.4. The van der Waals surface area contributed by atoms with Crippen LogP contribution in [-0.4, -0.2) is 25.0 Å². The highest BCUT2D eigenvalue weighted by Crippen LogP contribution is 2.25. The van der Waals surface area contributed by atoms with Crippen molar-refractivity contribution < 1.29 is 9.53 Å². The highest BCUT2D eigenvalue weighted by molar-refractivity contribution is 6.04. The van der Waals surface area contributed by atoms with Crippen LogP contribution >= 0.6 is 0 Å². The molecule has 1 aromatic rings. The van der Waals surface area contributed by atoms with Gasteiger partial charge in [-0.15, -0.1) is 0 Å². The molecule has 0 aliphatic heterocycles. The third-order valence-corrected chi connectivity index (χ3v) is 3.17. The lowest BCUT2D eigenvalue weighted by atomic mass is 9.89. The Bertz CT molecular complexity index is 450. The molecule has 0 radical (unpaired) electrons. The smallest absolute Gasteiger partial charge is 0.182 e. The van der Waals surface area contributed by atoms with Gasteiger partial charge in [-0.1, -0.05) is 6.92 Å². The van der Waals surface area contributed by atoms with Gasteiger partial charge in [0.1, 0.15) is 5.75 Å². The van der Waals surface area contributed by atoms with E-state index in [4.69, 9.17) is 4.74 Å². The van der Waals surface area contributed by atoms with Crippen molar-refractivity contribution in [3.63, 3.8) is 0 Å². The Morgan fingerprint density at radius 1 is 1.28 bits per heavy atom. The van der Waals surface area contributed by atoms with Gasteiger partial charge in [0, 0.05) is 5.56 Å². The van der Waals surface area contributed by atoms with Crippen molar-refractivity contribution in [3.05, 3.63) is 28.8 Å². The van der Waals surface area contributed by atoms with Gasteiger partial charge in [-0.2, -0.15) is 0 Å². The third-order valence-electron chi connectivity index (χ3n) is 3.17. The summed E-state index contributed by atoms with van der Waals surface area (Å²) >= 11 is 0. The molecule has 0 amide bonds. The summed E-state index contributed by atoms with van der Waals surface area (Å²) in [5, 5.41) is 3.21. The molecule has 0 aromatic heterocycles. The van der Waals surface area contributed by atoms with E-state index in [2.05, 4.69) is 5.32 Å². The van der Waals surface area contributed by atoms with Crippen LogP contribution in [0, 0.1) is 13.8 Å². The summed E-state index contributed by atoms with van der Waals surface area (Å²) < 4.78 is 5.27. The predicted molar refractivity (Wildman–Crippen MR) is 74.6 cm³/mol. The molecule has 0 bridgehead atoms. The average molecular weight is 249 g/mol. The number of carbonyl (C=O) groups excluding carboxylic acids is 1. The third kappa shape index (κ3) is 2.91. The van der Waals surface area contributed by atoms with Gasteiger partial charge in [-0.25, -0.2) is 0 Å². The highest BCUT2D eigenvalue weighted by atomic mass is 16.5. The molecule has 3 heteroatoms. The van der Waals surface area contributed by atoms with Crippen molar-refractivity contribution in [3.8, 4) is 5.75 Å². The van der Waals surface area contributed by atoms with Gasteiger partial charge in [-0.05, 0) is 57.5 Å². The minimum Gasteiger partial charge on any atom is -0.496 e. The fourth-order valence-corrected chi connectivity index (χ4v) is 2.11. The Hall–Kier alpha value is -1.35. The van der Waals surface area contributed by atoms with Crippen LogP contribution in [0.1, 0.15) is 42.3 Å². The zero-order valence-electron chi connectivity index (χ0n) is 12.2. The Balaban J connectivity index is 3.18. The second-order valence-corrected chi connectivity index (χ2v) is 5.12. The highest BCUT2D eigenvalue weighted by Gasteiger charge is 2.28. The molecule has 0 saturated carbocycles. The topological polar surface area (TPSA) is 38.3 Å². The number of ether oxygens (including phenoxy) is 1. The van der Waals surface area contributed by atoms with E-state index in [9.17, 15) is 4.79 Å². The summed E-state index contributed by atoms with van der Waals surface area (Å²) in [5.74, 6) is 0.943. The number of hydrogen-bond acceptors (Lipinski definition) is 3. The van der Waals surface area contributed by atoms with E-state index >= 15 is 0 Å². The van der Waals surface area contributed by atoms with Gasteiger partial charge in [-0.3, -0.25) is 4.79 Å². The Kier molecular flexibility index (Phi) is 4.52. The molecule has 1 N–H and O–H groups in total. The standard InChI is InChI=1S/C15H23NO2/c1-7-16-15(4,5)14(17)12-8-11(3)13(18-6)9-10(12)2/h8-9,16H,7H2,1-6H3. The van der Waals surface area contributed by atoms with Crippen LogP contribution in [0.4, 0.5) is 0 Å². The van der Waals surface area contributed by atoms with E-state index in [-0.39, 0.29) is 5.78 Å². The number of Topliss-reactive ketones (excluding diaryl/α,β-unsaturated/α-hetero) is 1. The fourth-order valence-electron chi connectivity index (χ4n) is 2.11. The molecule has 3 nitrogen and oxygen atoms in total. The van der Waals surface area contributed by atoms with Crippen molar-refractivity contribution in [2.24, 2.45) is 0 Å². The monoisotopic (exact) mass is 249 g/mol. The number of hydrogen-bond donors (Lipinski definition) is 1. The summed E-state index contributed by atoms with van der Waals surface area (Å²) in [7, 11) is 1.64. The molecule has 0 aliphatic carbocycles. The van der Waals surface area contributed by atoms with Gasteiger partial charge >= 0.3 is 0 Å². The lowest BCUT2D eigenvalue weighted by Gasteiger charge is -2.25.